The topological polar surface area (TPSA) is 36.9 Å². The first-order valence-electron chi connectivity index (χ1n) is 10.3. The summed E-state index contributed by atoms with van der Waals surface area (Å²) in [7, 11) is 0. The summed E-state index contributed by atoms with van der Waals surface area (Å²) in [5.41, 5.74) is 0.0227. The molecule has 25 heavy (non-hydrogen) atoms. The van der Waals surface area contributed by atoms with Crippen LogP contribution in [-0.2, 0) is 18.9 Å². The van der Waals surface area contributed by atoms with Crippen LogP contribution in [0, 0.1) is 0 Å². The van der Waals surface area contributed by atoms with E-state index in [2.05, 4.69) is 34.6 Å². The van der Waals surface area contributed by atoms with Crippen molar-refractivity contribution in [2.45, 2.75) is 103 Å². The largest absolute Gasteiger partial charge is 0.373 e. The van der Waals surface area contributed by atoms with Gasteiger partial charge in [-0.25, -0.2) is 0 Å². The van der Waals surface area contributed by atoms with E-state index in [1.54, 1.807) is 0 Å². The number of hydrogen-bond acceptors (Lipinski definition) is 5. The highest BCUT2D eigenvalue weighted by Crippen LogP contribution is 2.33. The van der Waals surface area contributed by atoms with Gasteiger partial charge in [0.15, 0.2) is 0 Å². The predicted octanol–water partition coefficient (Wildman–Crippen LogP) is 5.04. The third kappa shape index (κ3) is 8.17. The highest BCUT2D eigenvalue weighted by Gasteiger charge is 2.46. The van der Waals surface area contributed by atoms with Crippen LogP contribution >= 0.6 is 11.8 Å². The molecule has 5 heteroatoms. The van der Waals surface area contributed by atoms with Gasteiger partial charge in [0, 0.05) is 19.8 Å². The zero-order chi connectivity index (χ0) is 18.5. The fourth-order valence-corrected chi connectivity index (χ4v) is 3.96. The van der Waals surface area contributed by atoms with Crippen molar-refractivity contribution in [2.75, 3.05) is 25.6 Å². The van der Waals surface area contributed by atoms with Gasteiger partial charge in [-0.3, -0.25) is 0 Å². The van der Waals surface area contributed by atoms with Gasteiger partial charge in [-0.15, -0.1) is 11.8 Å². The quantitative estimate of drug-likeness (QED) is 0.397. The lowest BCUT2D eigenvalue weighted by Gasteiger charge is -2.45. The third-order valence-electron chi connectivity index (χ3n) is 4.48. The van der Waals surface area contributed by atoms with Gasteiger partial charge in [0.25, 0.3) is 0 Å². The second-order valence-electron chi connectivity index (χ2n) is 6.73. The molecule has 0 saturated carbocycles. The van der Waals surface area contributed by atoms with Crippen LogP contribution in [0.3, 0.4) is 0 Å². The first kappa shape index (κ1) is 23.2. The van der Waals surface area contributed by atoms with Crippen molar-refractivity contribution >= 4 is 11.8 Å². The molecule has 0 N–H and O–H groups in total. The van der Waals surface area contributed by atoms with Crippen molar-refractivity contribution in [1.29, 1.82) is 0 Å². The smallest absolute Gasteiger partial charge is 0.132 e. The van der Waals surface area contributed by atoms with Crippen LogP contribution in [0.2, 0.25) is 0 Å². The molecule has 0 aromatic carbocycles. The summed E-state index contributed by atoms with van der Waals surface area (Å²) >= 11 is 1.81. The van der Waals surface area contributed by atoms with Crippen molar-refractivity contribution in [1.82, 2.24) is 0 Å². The fraction of sp³-hybridized carbons (Fsp3) is 1.00. The Bertz CT molecular complexity index is 316. The molecule has 5 atom stereocenters. The molecule has 0 aromatic heterocycles. The normalized spacial score (nSPS) is 29.9. The molecule has 1 aliphatic heterocycles. The van der Waals surface area contributed by atoms with E-state index >= 15 is 0 Å². The van der Waals surface area contributed by atoms with Gasteiger partial charge in [0.1, 0.15) is 23.7 Å². The monoisotopic (exact) mass is 376 g/mol. The second kappa shape index (κ2) is 14.3. The van der Waals surface area contributed by atoms with Crippen LogP contribution in [0.4, 0.5) is 0 Å². The fourth-order valence-electron chi connectivity index (χ4n) is 2.96. The maximum atomic E-state index is 6.31. The molecule has 1 fully saturated rings. The number of rotatable bonds is 14. The molecule has 0 amide bonds. The molecule has 1 aliphatic rings. The van der Waals surface area contributed by atoms with Crippen LogP contribution in [0.25, 0.3) is 0 Å². The lowest BCUT2D eigenvalue weighted by molar-refractivity contribution is -0.235. The lowest BCUT2D eigenvalue weighted by atomic mass is 10.00. The van der Waals surface area contributed by atoms with Crippen LogP contribution in [0.1, 0.15) is 73.1 Å². The third-order valence-corrected chi connectivity index (χ3v) is 5.52. The van der Waals surface area contributed by atoms with E-state index in [-0.39, 0.29) is 29.9 Å². The average molecular weight is 377 g/mol. The number of hydrogen-bond donors (Lipinski definition) is 0. The Morgan fingerprint density at radius 3 is 1.68 bits per heavy atom. The minimum atomic E-state index is -0.0591. The van der Waals surface area contributed by atoms with Crippen LogP contribution in [0.5, 0.6) is 0 Å². The Balaban J connectivity index is 2.84. The van der Waals surface area contributed by atoms with E-state index in [0.717, 1.165) is 64.1 Å². The zero-order valence-corrected chi connectivity index (χ0v) is 17.8. The van der Waals surface area contributed by atoms with E-state index in [1.807, 2.05) is 11.8 Å². The average Bonchev–Trinajstić information content (AvgIpc) is 2.60. The van der Waals surface area contributed by atoms with Crippen molar-refractivity contribution in [3.63, 3.8) is 0 Å². The first-order valence-corrected chi connectivity index (χ1v) is 11.4. The molecule has 0 aliphatic carbocycles. The van der Waals surface area contributed by atoms with Crippen molar-refractivity contribution < 1.29 is 18.9 Å². The summed E-state index contributed by atoms with van der Waals surface area (Å²) in [4.78, 5) is 0. The lowest BCUT2D eigenvalue weighted by Crippen LogP contribution is -2.58. The Morgan fingerprint density at radius 1 is 0.720 bits per heavy atom. The minimum Gasteiger partial charge on any atom is -0.373 e. The molecule has 4 nitrogen and oxygen atoms in total. The number of thioether (sulfide) groups is 1. The summed E-state index contributed by atoms with van der Waals surface area (Å²) in [5, 5.41) is 0. The summed E-state index contributed by atoms with van der Waals surface area (Å²) in [6, 6.07) is 0. The molecule has 1 heterocycles. The van der Waals surface area contributed by atoms with Gasteiger partial charge in [0.05, 0.1) is 6.10 Å². The van der Waals surface area contributed by atoms with Crippen molar-refractivity contribution in [2.24, 2.45) is 0 Å². The second-order valence-corrected chi connectivity index (χ2v) is 8.11. The molecule has 0 radical (unpaired) electrons. The standard InChI is InChI=1S/C20H40O4S/c1-6-10-13-21-17-16(5)24-20(25-9-4)19(23-15-12-8-3)18(17)22-14-11-7-2/h16-20H,6-15H2,1-5H3/t16?,17-,18?,19?,20?/m1/s1. The van der Waals surface area contributed by atoms with Crippen LogP contribution in [0.15, 0.2) is 0 Å². The predicted molar refractivity (Wildman–Crippen MR) is 106 cm³/mol. The first-order chi connectivity index (χ1) is 12.2. The Morgan fingerprint density at radius 2 is 1.20 bits per heavy atom. The maximum Gasteiger partial charge on any atom is 0.132 e. The van der Waals surface area contributed by atoms with Crippen LogP contribution in [-0.4, -0.2) is 55.4 Å². The van der Waals surface area contributed by atoms with Crippen LogP contribution < -0.4 is 0 Å². The number of unbranched alkanes of at least 4 members (excludes halogenated alkanes) is 3. The van der Waals surface area contributed by atoms with Gasteiger partial charge in [-0.2, -0.15) is 0 Å². The van der Waals surface area contributed by atoms with E-state index in [4.69, 9.17) is 18.9 Å². The maximum absolute atomic E-state index is 6.31. The molecule has 0 spiro atoms. The van der Waals surface area contributed by atoms with E-state index in [1.165, 1.54) is 0 Å². The summed E-state index contributed by atoms with van der Waals surface area (Å²) in [6.07, 6.45) is 6.47. The molecular weight excluding hydrogens is 336 g/mol. The molecule has 4 unspecified atom stereocenters. The van der Waals surface area contributed by atoms with Gasteiger partial charge in [0.2, 0.25) is 0 Å². The number of ether oxygens (including phenoxy) is 4. The van der Waals surface area contributed by atoms with Gasteiger partial charge < -0.3 is 18.9 Å². The minimum absolute atomic E-state index is 0.0227. The molecule has 0 aromatic rings. The van der Waals surface area contributed by atoms with E-state index in [9.17, 15) is 0 Å². The van der Waals surface area contributed by atoms with E-state index in [0.29, 0.717) is 0 Å². The molecule has 1 rings (SSSR count). The van der Waals surface area contributed by atoms with Gasteiger partial charge in [-0.1, -0.05) is 47.0 Å². The van der Waals surface area contributed by atoms with Gasteiger partial charge >= 0.3 is 0 Å². The SMILES string of the molecule is CCCCOC1C(SCC)OC(C)[C@@H](OCCCC)C1OCCCC. The molecular formula is C20H40O4S. The highest BCUT2D eigenvalue weighted by atomic mass is 32.2. The summed E-state index contributed by atoms with van der Waals surface area (Å²) < 4.78 is 25.1. The highest BCUT2D eigenvalue weighted by molar-refractivity contribution is 7.99. The zero-order valence-electron chi connectivity index (χ0n) is 17.0. The van der Waals surface area contributed by atoms with Crippen molar-refractivity contribution in [3.8, 4) is 0 Å². The Kier molecular flexibility index (Phi) is 13.3. The summed E-state index contributed by atoms with van der Waals surface area (Å²) in [6.45, 7) is 13.1. The molecule has 150 valence electrons. The van der Waals surface area contributed by atoms with Gasteiger partial charge in [-0.05, 0) is 31.9 Å². The molecule has 0 bridgehead atoms. The van der Waals surface area contributed by atoms with Crippen molar-refractivity contribution in [3.05, 3.63) is 0 Å². The molecule has 1 saturated heterocycles. The Hall–Kier alpha value is 0.190. The van der Waals surface area contributed by atoms with E-state index < -0.39 is 0 Å². The summed E-state index contributed by atoms with van der Waals surface area (Å²) in [5.74, 6) is 1.01. The Labute approximate surface area is 159 Å².